The molecule has 0 aliphatic carbocycles. The minimum atomic E-state index is 0.571. The summed E-state index contributed by atoms with van der Waals surface area (Å²) in [7, 11) is 3.91. The molecule has 6 heteroatoms. The third kappa shape index (κ3) is 1.67. The van der Waals surface area contributed by atoms with Gasteiger partial charge < -0.3 is 4.90 Å². The van der Waals surface area contributed by atoms with Gasteiger partial charge in [0, 0.05) is 26.5 Å². The maximum atomic E-state index is 4.44. The van der Waals surface area contributed by atoms with E-state index in [1.807, 2.05) is 43.3 Å². The lowest BCUT2D eigenvalue weighted by Gasteiger charge is -2.11. The van der Waals surface area contributed by atoms with Crippen molar-refractivity contribution in [1.82, 2.24) is 24.6 Å². The van der Waals surface area contributed by atoms with Crippen LogP contribution in [0.5, 0.6) is 0 Å². The zero-order chi connectivity index (χ0) is 12.5. The molecule has 0 bridgehead atoms. The van der Waals surface area contributed by atoms with Gasteiger partial charge in [0.2, 0.25) is 5.82 Å². The van der Waals surface area contributed by atoms with Crippen LogP contribution in [-0.4, -0.2) is 38.7 Å². The summed E-state index contributed by atoms with van der Waals surface area (Å²) in [6.07, 6.45) is 3.45. The Morgan fingerprint density at radius 3 is 2.67 bits per heavy atom. The molecule has 0 radical (unpaired) electrons. The number of anilines is 1. The highest BCUT2D eigenvalue weighted by Gasteiger charge is 2.11. The first kappa shape index (κ1) is 10.6. The van der Waals surface area contributed by atoms with Crippen LogP contribution in [0.1, 0.15) is 0 Å². The van der Waals surface area contributed by atoms with E-state index >= 15 is 0 Å². The molecule has 0 atom stereocenters. The maximum Gasteiger partial charge on any atom is 0.254 e. The lowest BCUT2D eigenvalue weighted by Crippen LogP contribution is -2.13. The minimum absolute atomic E-state index is 0.571. The normalized spacial score (nSPS) is 10.8. The van der Waals surface area contributed by atoms with Crippen molar-refractivity contribution in [1.29, 1.82) is 0 Å². The summed E-state index contributed by atoms with van der Waals surface area (Å²) in [5, 5.41) is 4.44. The van der Waals surface area contributed by atoms with Crippen molar-refractivity contribution in [2.45, 2.75) is 0 Å². The van der Waals surface area contributed by atoms with E-state index in [9.17, 15) is 0 Å². The van der Waals surface area contributed by atoms with Gasteiger partial charge in [0.25, 0.3) is 5.78 Å². The topological polar surface area (TPSA) is 59.2 Å². The van der Waals surface area contributed by atoms with E-state index in [0.717, 1.165) is 11.5 Å². The molecular weight excluding hydrogens is 228 g/mol. The number of aromatic nitrogens is 5. The second-order valence-electron chi connectivity index (χ2n) is 4.06. The Hall–Kier alpha value is -2.50. The van der Waals surface area contributed by atoms with Gasteiger partial charge in [-0.05, 0) is 18.2 Å². The van der Waals surface area contributed by atoms with E-state index in [-0.39, 0.29) is 0 Å². The van der Waals surface area contributed by atoms with Crippen molar-refractivity contribution in [3.8, 4) is 11.5 Å². The number of rotatable bonds is 2. The molecule has 0 saturated heterocycles. The number of fused-ring (bicyclic) bond motifs is 1. The van der Waals surface area contributed by atoms with Gasteiger partial charge >= 0.3 is 0 Å². The van der Waals surface area contributed by atoms with Gasteiger partial charge in [-0.15, -0.1) is 5.10 Å². The summed E-state index contributed by atoms with van der Waals surface area (Å²) in [6, 6.07) is 7.55. The van der Waals surface area contributed by atoms with Crippen LogP contribution in [0.4, 0.5) is 5.82 Å². The molecule has 3 aromatic heterocycles. The number of hydrogen-bond acceptors (Lipinski definition) is 5. The predicted molar refractivity (Wildman–Crippen MR) is 68.3 cm³/mol. The third-order valence-corrected chi connectivity index (χ3v) is 2.57. The smallest absolute Gasteiger partial charge is 0.254 e. The summed E-state index contributed by atoms with van der Waals surface area (Å²) in [4.78, 5) is 14.8. The van der Waals surface area contributed by atoms with Gasteiger partial charge in [-0.3, -0.25) is 4.98 Å². The fraction of sp³-hybridized carbons (Fsp3) is 0.167. The molecule has 6 nitrogen and oxygen atoms in total. The van der Waals surface area contributed by atoms with E-state index in [4.69, 9.17) is 0 Å². The number of nitrogens with zero attached hydrogens (tertiary/aromatic N) is 6. The zero-order valence-electron chi connectivity index (χ0n) is 10.1. The Kier molecular flexibility index (Phi) is 2.40. The molecule has 0 unspecified atom stereocenters. The van der Waals surface area contributed by atoms with Gasteiger partial charge in [-0.1, -0.05) is 6.07 Å². The molecule has 0 N–H and O–H groups in total. The average Bonchev–Trinajstić information content (AvgIpc) is 2.83. The first-order chi connectivity index (χ1) is 8.75. The van der Waals surface area contributed by atoms with Crippen LogP contribution >= 0.6 is 0 Å². The van der Waals surface area contributed by atoms with E-state index < -0.39 is 0 Å². The largest absolute Gasteiger partial charge is 0.363 e. The second-order valence-corrected chi connectivity index (χ2v) is 4.06. The molecule has 0 fully saturated rings. The third-order valence-electron chi connectivity index (χ3n) is 2.57. The summed E-state index contributed by atoms with van der Waals surface area (Å²) in [6.45, 7) is 0. The van der Waals surface area contributed by atoms with Crippen LogP contribution in [0, 0.1) is 0 Å². The van der Waals surface area contributed by atoms with Crippen molar-refractivity contribution in [2.24, 2.45) is 0 Å². The minimum Gasteiger partial charge on any atom is -0.363 e. The molecule has 90 valence electrons. The first-order valence-corrected chi connectivity index (χ1v) is 5.56. The fourth-order valence-corrected chi connectivity index (χ4v) is 1.72. The Morgan fingerprint density at radius 2 is 1.94 bits per heavy atom. The molecule has 0 saturated carbocycles. The van der Waals surface area contributed by atoms with Crippen LogP contribution in [0.3, 0.4) is 0 Å². The average molecular weight is 240 g/mol. The highest BCUT2D eigenvalue weighted by atomic mass is 15.4. The van der Waals surface area contributed by atoms with Crippen molar-refractivity contribution >= 4 is 11.6 Å². The quantitative estimate of drug-likeness (QED) is 0.674. The van der Waals surface area contributed by atoms with E-state index in [1.165, 1.54) is 0 Å². The van der Waals surface area contributed by atoms with Gasteiger partial charge in [0.05, 0.1) is 0 Å². The molecule has 0 spiro atoms. The van der Waals surface area contributed by atoms with E-state index in [1.54, 1.807) is 16.9 Å². The lowest BCUT2D eigenvalue weighted by atomic mass is 10.3. The molecule has 3 aromatic rings. The number of hydrogen-bond donors (Lipinski definition) is 0. The maximum absolute atomic E-state index is 4.44. The Labute approximate surface area is 104 Å². The summed E-state index contributed by atoms with van der Waals surface area (Å²) >= 11 is 0. The highest BCUT2D eigenvalue weighted by Crippen LogP contribution is 2.16. The van der Waals surface area contributed by atoms with Crippen molar-refractivity contribution < 1.29 is 0 Å². The van der Waals surface area contributed by atoms with Gasteiger partial charge in [-0.2, -0.15) is 9.50 Å². The fourth-order valence-electron chi connectivity index (χ4n) is 1.72. The first-order valence-electron chi connectivity index (χ1n) is 5.56. The Bertz CT molecular complexity index is 673. The monoisotopic (exact) mass is 240 g/mol. The van der Waals surface area contributed by atoms with E-state index in [2.05, 4.69) is 20.1 Å². The summed E-state index contributed by atoms with van der Waals surface area (Å²) < 4.78 is 1.71. The van der Waals surface area contributed by atoms with Crippen molar-refractivity contribution in [2.75, 3.05) is 19.0 Å². The van der Waals surface area contributed by atoms with Crippen molar-refractivity contribution in [3.63, 3.8) is 0 Å². The summed E-state index contributed by atoms with van der Waals surface area (Å²) in [5.74, 6) is 2.08. The molecule has 0 aromatic carbocycles. The van der Waals surface area contributed by atoms with Crippen LogP contribution in [0.15, 0.2) is 36.7 Å². The SMILES string of the molecule is CN(C)c1ccnc2nc(-c3ccccn3)nn12. The number of pyridine rings is 1. The van der Waals surface area contributed by atoms with Crippen LogP contribution in [0.25, 0.3) is 17.3 Å². The standard InChI is InChI=1S/C12H12N6/c1-17(2)10-6-8-14-12-15-11(16-18(10)12)9-5-3-4-7-13-9/h3-8H,1-2H3. The predicted octanol–water partition coefficient (Wildman–Crippen LogP) is 1.25. The zero-order valence-corrected chi connectivity index (χ0v) is 10.1. The second kappa shape index (κ2) is 4.06. The molecule has 3 heterocycles. The van der Waals surface area contributed by atoms with Crippen LogP contribution < -0.4 is 4.90 Å². The van der Waals surface area contributed by atoms with Crippen LogP contribution in [0.2, 0.25) is 0 Å². The molecule has 18 heavy (non-hydrogen) atoms. The van der Waals surface area contributed by atoms with Crippen molar-refractivity contribution in [3.05, 3.63) is 36.7 Å². The molecule has 3 rings (SSSR count). The van der Waals surface area contributed by atoms with Gasteiger partial charge in [-0.25, -0.2) is 4.98 Å². The summed E-state index contributed by atoms with van der Waals surface area (Å²) in [5.41, 5.74) is 0.743. The molecule has 0 amide bonds. The van der Waals surface area contributed by atoms with Crippen LogP contribution in [-0.2, 0) is 0 Å². The lowest BCUT2D eigenvalue weighted by molar-refractivity contribution is 0.897. The molecule has 0 aliphatic rings. The van der Waals surface area contributed by atoms with Gasteiger partial charge in [0.15, 0.2) is 0 Å². The highest BCUT2D eigenvalue weighted by molar-refractivity contribution is 5.54. The van der Waals surface area contributed by atoms with Gasteiger partial charge in [0.1, 0.15) is 11.5 Å². The Morgan fingerprint density at radius 1 is 1.06 bits per heavy atom. The molecule has 0 aliphatic heterocycles. The van der Waals surface area contributed by atoms with E-state index in [0.29, 0.717) is 11.6 Å². The molecular formula is C12H12N6. The Balaban J connectivity index is 2.20.